The zero-order chi connectivity index (χ0) is 50.1. The first-order valence-electron chi connectivity index (χ1n) is 26.0. The van der Waals surface area contributed by atoms with Gasteiger partial charge < -0.3 is 37.6 Å². The molecule has 4 aliphatic heterocycles. The van der Waals surface area contributed by atoms with Crippen LogP contribution in [0.4, 0.5) is 34.1 Å². The lowest BCUT2D eigenvalue weighted by Gasteiger charge is -2.42. The molecule has 4 aliphatic rings. The zero-order valence-electron chi connectivity index (χ0n) is 43.4. The highest BCUT2D eigenvalue weighted by atomic mass is 16.5. The summed E-state index contributed by atoms with van der Waals surface area (Å²) in [7, 11) is 0. The topological polar surface area (TPSA) is 69.7 Å². The molecule has 0 aliphatic carbocycles. The van der Waals surface area contributed by atoms with E-state index in [2.05, 4.69) is 206 Å². The first kappa shape index (κ1) is 45.4. The maximum Gasteiger partial charge on any atom is 0.342 e. The number of hydrogen-bond acceptors (Lipinski definition) is 8. The summed E-state index contributed by atoms with van der Waals surface area (Å²) in [5.41, 5.74) is 17.6. The Balaban J connectivity index is 1.21. The minimum Gasteiger partial charge on any atom is -0.490 e. The summed E-state index contributed by atoms with van der Waals surface area (Å²) in [6, 6.07) is 48.4. The zero-order valence-corrected chi connectivity index (χ0v) is 43.4. The number of fused-ring (bicyclic) bond motifs is 10. The Bertz CT molecular complexity index is 3440. The van der Waals surface area contributed by atoms with Gasteiger partial charge in [0, 0.05) is 58.2 Å². The smallest absolute Gasteiger partial charge is 0.342 e. The second kappa shape index (κ2) is 16.5. The highest BCUT2D eigenvalue weighted by Gasteiger charge is 2.51. The third kappa shape index (κ3) is 7.40. The van der Waals surface area contributed by atoms with Crippen LogP contribution in [0.15, 0.2) is 142 Å². The number of ether oxygens (including phenoxy) is 4. The second-order valence-corrected chi connectivity index (χ2v) is 23.3. The number of rotatable bonds is 4. The van der Waals surface area contributed by atoms with Gasteiger partial charge in [-0.3, -0.25) is 0 Å². The number of benzene rings is 7. The van der Waals surface area contributed by atoms with Crippen molar-refractivity contribution in [1.82, 2.24) is 0 Å². The molecule has 9 heteroatoms. The Morgan fingerprint density at radius 3 is 1.16 bits per heavy atom. The minimum absolute atomic E-state index is 0.131. The van der Waals surface area contributed by atoms with Crippen molar-refractivity contribution in [3.05, 3.63) is 150 Å². The predicted molar refractivity (Wildman–Crippen MR) is 298 cm³/mol. The SMILES string of the molecule is CC(C)(C)c1cc2c3c(c1)N(c1cc4c(cc1-c1ccccc1)OCCCO4)c1c(oc4ccc(C(C)(C)C)cc14)B3c1oc3ccc(C(C)(C)C)cc3c1N2c1cc2c(cc1-c1ccccc1)OCCCO2. The molecule has 0 unspecified atom stereocenters. The lowest BCUT2D eigenvalue weighted by atomic mass is 9.37. The van der Waals surface area contributed by atoms with Gasteiger partial charge in [0.1, 0.15) is 22.5 Å². The number of hydrogen-bond donors (Lipinski definition) is 0. The molecule has 366 valence electrons. The van der Waals surface area contributed by atoms with E-state index in [0.717, 1.165) is 131 Å². The Hall–Kier alpha value is -7.52. The monoisotopic (exact) mass is 964 g/mol. The molecular formula is C64H61BN2O6. The van der Waals surface area contributed by atoms with E-state index in [4.69, 9.17) is 27.8 Å². The third-order valence-corrected chi connectivity index (χ3v) is 15.2. The molecule has 0 bridgehead atoms. The Morgan fingerprint density at radius 2 is 0.781 bits per heavy atom. The van der Waals surface area contributed by atoms with E-state index in [-0.39, 0.29) is 16.2 Å². The van der Waals surface area contributed by atoms with Crippen LogP contribution in [-0.4, -0.2) is 33.1 Å². The molecule has 0 fully saturated rings. The molecule has 6 heterocycles. The lowest BCUT2D eigenvalue weighted by molar-refractivity contribution is 0.296. The van der Waals surface area contributed by atoms with Gasteiger partial charge in [-0.25, -0.2) is 0 Å². The molecule has 0 saturated heterocycles. The number of anilines is 6. The van der Waals surface area contributed by atoms with Crippen LogP contribution >= 0.6 is 0 Å². The van der Waals surface area contributed by atoms with E-state index < -0.39 is 6.71 Å². The molecule has 8 nitrogen and oxygen atoms in total. The van der Waals surface area contributed by atoms with E-state index in [9.17, 15) is 0 Å². The van der Waals surface area contributed by atoms with Crippen molar-refractivity contribution >= 4 is 79.6 Å². The Kier molecular flexibility index (Phi) is 10.3. The highest BCUT2D eigenvalue weighted by Crippen LogP contribution is 2.55. The summed E-state index contributed by atoms with van der Waals surface area (Å²) in [6.45, 7) is 22.4. The standard InChI is InChI=1S/C64H61BN2O6/c1-62(2,3)40-22-24-51-45(30-40)58-60(72-51)65-57-49(66(58)47-36-55-53(68-26-16-28-70-55)34-43(47)38-18-12-10-13-19-38)32-42(64(7,8)9)33-50(57)67(59-46-31-41(63(4,5)6)23-25-52(46)73-61(59)65)48-37-56-54(69-27-17-29-71-56)35-44(48)39-20-14-11-15-21-39/h10-15,18-25,30-37H,16-17,26-29H2,1-9H3. The average Bonchev–Trinajstić information content (AvgIpc) is 3.73. The van der Waals surface area contributed by atoms with Crippen molar-refractivity contribution in [3.63, 3.8) is 0 Å². The van der Waals surface area contributed by atoms with E-state index >= 15 is 0 Å². The van der Waals surface area contributed by atoms with Crippen molar-refractivity contribution in [2.24, 2.45) is 0 Å². The maximum absolute atomic E-state index is 7.48. The molecule has 0 saturated carbocycles. The summed E-state index contributed by atoms with van der Waals surface area (Å²) < 4.78 is 41.1. The van der Waals surface area contributed by atoms with Gasteiger partial charge in [0.2, 0.25) is 0 Å². The number of nitrogens with zero attached hydrogens (tertiary/aromatic N) is 2. The summed E-state index contributed by atoms with van der Waals surface area (Å²) in [5.74, 6) is 2.91. The van der Waals surface area contributed by atoms with E-state index in [1.165, 1.54) is 16.7 Å². The van der Waals surface area contributed by atoms with Crippen LogP contribution in [0.3, 0.4) is 0 Å². The minimum atomic E-state index is -0.436. The second-order valence-electron chi connectivity index (χ2n) is 23.3. The van der Waals surface area contributed by atoms with Crippen molar-refractivity contribution in [2.45, 2.75) is 91.4 Å². The van der Waals surface area contributed by atoms with Crippen LogP contribution in [0.2, 0.25) is 0 Å². The molecule has 0 radical (unpaired) electrons. The van der Waals surface area contributed by atoms with E-state index in [1.54, 1.807) is 0 Å². The third-order valence-electron chi connectivity index (χ3n) is 15.2. The molecule has 0 spiro atoms. The van der Waals surface area contributed by atoms with Crippen LogP contribution in [-0.2, 0) is 16.2 Å². The first-order chi connectivity index (χ1) is 35.1. The van der Waals surface area contributed by atoms with Crippen LogP contribution < -0.4 is 45.5 Å². The summed E-state index contributed by atoms with van der Waals surface area (Å²) in [4.78, 5) is 4.95. The van der Waals surface area contributed by atoms with Gasteiger partial charge in [-0.2, -0.15) is 0 Å². The van der Waals surface area contributed by atoms with Crippen LogP contribution in [0.5, 0.6) is 23.0 Å². The fourth-order valence-corrected chi connectivity index (χ4v) is 11.3. The van der Waals surface area contributed by atoms with Crippen LogP contribution in [0.1, 0.15) is 91.8 Å². The molecule has 13 rings (SSSR count). The highest BCUT2D eigenvalue weighted by molar-refractivity contribution is 6.99. The van der Waals surface area contributed by atoms with Gasteiger partial charge in [0.05, 0.1) is 49.2 Å². The van der Waals surface area contributed by atoms with Gasteiger partial charge in [-0.15, -0.1) is 0 Å². The molecule has 0 atom stereocenters. The van der Waals surface area contributed by atoms with Gasteiger partial charge in [-0.1, -0.05) is 135 Å². The van der Waals surface area contributed by atoms with Crippen molar-refractivity contribution in [1.29, 1.82) is 0 Å². The Labute approximate surface area is 428 Å². The normalized spacial score (nSPS) is 15.2. The summed E-state index contributed by atoms with van der Waals surface area (Å²) >= 11 is 0. The molecule has 7 aromatic carbocycles. The molecule has 9 aromatic rings. The van der Waals surface area contributed by atoms with Gasteiger partial charge in [0.15, 0.2) is 23.0 Å². The van der Waals surface area contributed by atoms with Crippen molar-refractivity contribution < 1.29 is 27.8 Å². The van der Waals surface area contributed by atoms with Gasteiger partial charge in [-0.05, 0) is 98.1 Å². The fourth-order valence-electron chi connectivity index (χ4n) is 11.3. The van der Waals surface area contributed by atoms with Crippen molar-refractivity contribution in [2.75, 3.05) is 36.2 Å². The molecule has 2 aromatic heterocycles. The van der Waals surface area contributed by atoms with E-state index in [1.807, 2.05) is 0 Å². The summed E-state index contributed by atoms with van der Waals surface area (Å²) in [5, 5.41) is 2.07. The predicted octanol–water partition coefficient (Wildman–Crippen LogP) is 14.8. The Morgan fingerprint density at radius 1 is 0.397 bits per heavy atom. The summed E-state index contributed by atoms with van der Waals surface area (Å²) in [6.07, 6.45) is 1.59. The van der Waals surface area contributed by atoms with Crippen molar-refractivity contribution in [3.8, 4) is 45.3 Å². The van der Waals surface area contributed by atoms with E-state index in [0.29, 0.717) is 26.4 Å². The van der Waals surface area contributed by atoms with Gasteiger partial charge in [0.25, 0.3) is 0 Å². The quantitative estimate of drug-likeness (QED) is 0.162. The molecular weight excluding hydrogens is 904 g/mol. The molecule has 0 N–H and O–H groups in total. The molecule has 73 heavy (non-hydrogen) atoms. The van der Waals surface area contributed by atoms with Crippen LogP contribution in [0, 0.1) is 0 Å². The first-order valence-corrected chi connectivity index (χ1v) is 26.0. The lowest BCUT2D eigenvalue weighted by Crippen LogP contribution is -2.60. The molecule has 0 amide bonds. The average molecular weight is 965 g/mol. The maximum atomic E-state index is 7.48. The largest absolute Gasteiger partial charge is 0.490 e. The van der Waals surface area contributed by atoms with Crippen LogP contribution in [0.25, 0.3) is 44.2 Å². The number of furan rings is 2. The fraction of sp³-hybridized carbons (Fsp3) is 0.281. The van der Waals surface area contributed by atoms with Gasteiger partial charge >= 0.3 is 6.71 Å².